The zero-order valence-corrected chi connectivity index (χ0v) is 7.23. The topological polar surface area (TPSA) is 12.5 Å². The number of fused-ring (bicyclic) bond motifs is 1. The Labute approximate surface area is 77.0 Å². The summed E-state index contributed by atoms with van der Waals surface area (Å²) in [5.41, 5.74) is 1.33. The van der Waals surface area contributed by atoms with Gasteiger partial charge in [0.05, 0.1) is 6.61 Å². The van der Waals surface area contributed by atoms with Crippen LogP contribution in [0, 0.1) is 0 Å². The van der Waals surface area contributed by atoms with Gasteiger partial charge < -0.3 is 4.74 Å². The van der Waals surface area contributed by atoms with E-state index in [0.29, 0.717) is 6.10 Å². The second-order valence-corrected chi connectivity index (χ2v) is 3.39. The van der Waals surface area contributed by atoms with E-state index in [-0.39, 0.29) is 0 Å². The Morgan fingerprint density at radius 3 is 2.62 bits per heavy atom. The van der Waals surface area contributed by atoms with Crippen molar-refractivity contribution in [2.75, 3.05) is 6.61 Å². The maximum absolute atomic E-state index is 5.30. The fraction of sp³-hybridized carbons (Fsp3) is 0.167. The van der Waals surface area contributed by atoms with Crippen molar-refractivity contribution in [1.82, 2.24) is 0 Å². The second kappa shape index (κ2) is 2.57. The molecule has 0 amide bonds. The van der Waals surface area contributed by atoms with Gasteiger partial charge in [0, 0.05) is 0 Å². The lowest BCUT2D eigenvalue weighted by Gasteiger charge is -2.02. The van der Waals surface area contributed by atoms with Gasteiger partial charge >= 0.3 is 0 Å². The molecule has 1 saturated heterocycles. The van der Waals surface area contributed by atoms with Gasteiger partial charge in [-0.05, 0) is 16.3 Å². The molecule has 1 fully saturated rings. The lowest BCUT2D eigenvalue weighted by Crippen LogP contribution is -1.82. The molecule has 1 heterocycles. The zero-order chi connectivity index (χ0) is 8.67. The summed E-state index contributed by atoms with van der Waals surface area (Å²) >= 11 is 0. The van der Waals surface area contributed by atoms with Crippen molar-refractivity contribution in [2.45, 2.75) is 6.10 Å². The van der Waals surface area contributed by atoms with E-state index in [2.05, 4.69) is 42.5 Å². The average Bonchev–Trinajstić information content (AvgIpc) is 3.00. The maximum atomic E-state index is 5.30. The highest BCUT2D eigenvalue weighted by Crippen LogP contribution is 2.34. The van der Waals surface area contributed by atoms with Crippen LogP contribution >= 0.6 is 0 Å². The minimum Gasteiger partial charge on any atom is -0.368 e. The maximum Gasteiger partial charge on any atom is 0.107 e. The molecule has 0 unspecified atom stereocenters. The third kappa shape index (κ3) is 1.12. The Morgan fingerprint density at radius 2 is 1.77 bits per heavy atom. The standard InChI is InChI=1S/C12H10O/c1-2-6-10-9(4-1)5-3-7-11(10)12-8-13-12/h1-7,12H,8H2/t12-/m0/s1. The molecular weight excluding hydrogens is 160 g/mol. The van der Waals surface area contributed by atoms with E-state index in [9.17, 15) is 0 Å². The van der Waals surface area contributed by atoms with Crippen molar-refractivity contribution in [1.29, 1.82) is 0 Å². The van der Waals surface area contributed by atoms with E-state index in [1.54, 1.807) is 0 Å². The Kier molecular flexibility index (Phi) is 1.41. The van der Waals surface area contributed by atoms with Gasteiger partial charge in [-0.2, -0.15) is 0 Å². The van der Waals surface area contributed by atoms with Crippen LogP contribution < -0.4 is 0 Å². The normalized spacial score (nSPS) is 20.5. The van der Waals surface area contributed by atoms with Crippen LogP contribution in [0.2, 0.25) is 0 Å². The molecule has 0 N–H and O–H groups in total. The second-order valence-electron chi connectivity index (χ2n) is 3.39. The summed E-state index contributed by atoms with van der Waals surface area (Å²) in [6.45, 7) is 0.883. The first-order valence-corrected chi connectivity index (χ1v) is 4.54. The van der Waals surface area contributed by atoms with Crippen LogP contribution in [0.5, 0.6) is 0 Å². The molecule has 0 aromatic heterocycles. The van der Waals surface area contributed by atoms with Gasteiger partial charge in [0.2, 0.25) is 0 Å². The van der Waals surface area contributed by atoms with Crippen LogP contribution in [0.1, 0.15) is 11.7 Å². The molecule has 2 aromatic carbocycles. The number of hydrogen-bond donors (Lipinski definition) is 0. The quantitative estimate of drug-likeness (QED) is 0.599. The van der Waals surface area contributed by atoms with E-state index >= 15 is 0 Å². The van der Waals surface area contributed by atoms with E-state index in [0.717, 1.165) is 6.61 Å². The van der Waals surface area contributed by atoms with Crippen LogP contribution in [-0.4, -0.2) is 6.61 Å². The number of epoxide rings is 1. The monoisotopic (exact) mass is 170 g/mol. The first kappa shape index (κ1) is 7.10. The van der Waals surface area contributed by atoms with Gasteiger partial charge in [0.15, 0.2) is 0 Å². The third-order valence-electron chi connectivity index (χ3n) is 2.50. The molecule has 1 nitrogen and oxygen atoms in total. The molecule has 0 saturated carbocycles. The molecule has 1 heteroatoms. The van der Waals surface area contributed by atoms with Gasteiger partial charge in [-0.3, -0.25) is 0 Å². The Balaban J connectivity index is 2.32. The third-order valence-corrected chi connectivity index (χ3v) is 2.50. The summed E-state index contributed by atoms with van der Waals surface area (Å²) in [4.78, 5) is 0. The number of rotatable bonds is 1. The summed E-state index contributed by atoms with van der Waals surface area (Å²) < 4.78 is 5.30. The summed E-state index contributed by atoms with van der Waals surface area (Å²) in [6.07, 6.45) is 0.353. The molecule has 1 atom stereocenters. The van der Waals surface area contributed by atoms with E-state index in [1.165, 1.54) is 16.3 Å². The first-order valence-electron chi connectivity index (χ1n) is 4.54. The first-order chi connectivity index (χ1) is 6.45. The molecule has 1 aliphatic heterocycles. The smallest absolute Gasteiger partial charge is 0.107 e. The van der Waals surface area contributed by atoms with Gasteiger partial charge in [0.25, 0.3) is 0 Å². The fourth-order valence-electron chi connectivity index (χ4n) is 1.76. The highest BCUT2D eigenvalue weighted by atomic mass is 16.6. The van der Waals surface area contributed by atoms with Gasteiger partial charge in [-0.15, -0.1) is 0 Å². The van der Waals surface area contributed by atoms with Crippen LogP contribution in [0.15, 0.2) is 42.5 Å². The zero-order valence-electron chi connectivity index (χ0n) is 7.23. The number of benzene rings is 2. The van der Waals surface area contributed by atoms with Crippen LogP contribution in [0.4, 0.5) is 0 Å². The molecule has 3 rings (SSSR count). The predicted molar refractivity (Wildman–Crippen MR) is 52.6 cm³/mol. The van der Waals surface area contributed by atoms with Crippen molar-refractivity contribution in [3.8, 4) is 0 Å². The van der Waals surface area contributed by atoms with Crippen molar-refractivity contribution in [3.05, 3.63) is 48.0 Å². The average molecular weight is 170 g/mol. The number of ether oxygens (including phenoxy) is 1. The molecular formula is C12H10O. The Bertz CT molecular complexity index is 438. The van der Waals surface area contributed by atoms with Crippen molar-refractivity contribution < 1.29 is 4.74 Å². The summed E-state index contributed by atoms with van der Waals surface area (Å²) in [7, 11) is 0. The fourth-order valence-corrected chi connectivity index (χ4v) is 1.76. The van der Waals surface area contributed by atoms with Crippen LogP contribution in [0.25, 0.3) is 10.8 Å². The SMILES string of the molecule is c1ccc2c([C@@H]3CO3)cccc2c1. The Morgan fingerprint density at radius 1 is 1.00 bits per heavy atom. The van der Waals surface area contributed by atoms with Crippen molar-refractivity contribution in [2.24, 2.45) is 0 Å². The van der Waals surface area contributed by atoms with Gasteiger partial charge in [0.1, 0.15) is 6.10 Å². The molecule has 0 spiro atoms. The summed E-state index contributed by atoms with van der Waals surface area (Å²) in [6, 6.07) is 14.8. The van der Waals surface area contributed by atoms with Gasteiger partial charge in [-0.1, -0.05) is 42.5 Å². The highest BCUT2D eigenvalue weighted by molar-refractivity contribution is 5.86. The minimum atomic E-state index is 0.353. The molecule has 0 bridgehead atoms. The van der Waals surface area contributed by atoms with E-state index in [4.69, 9.17) is 4.74 Å². The highest BCUT2D eigenvalue weighted by Gasteiger charge is 2.25. The molecule has 64 valence electrons. The van der Waals surface area contributed by atoms with Crippen LogP contribution in [0.3, 0.4) is 0 Å². The van der Waals surface area contributed by atoms with Crippen molar-refractivity contribution >= 4 is 10.8 Å². The van der Waals surface area contributed by atoms with E-state index in [1.807, 2.05) is 0 Å². The lowest BCUT2D eigenvalue weighted by atomic mass is 10.0. The predicted octanol–water partition coefficient (Wildman–Crippen LogP) is 2.91. The largest absolute Gasteiger partial charge is 0.368 e. The van der Waals surface area contributed by atoms with E-state index < -0.39 is 0 Å². The summed E-state index contributed by atoms with van der Waals surface area (Å²) in [5, 5.41) is 2.63. The molecule has 0 radical (unpaired) electrons. The van der Waals surface area contributed by atoms with Crippen molar-refractivity contribution in [3.63, 3.8) is 0 Å². The molecule has 2 aromatic rings. The lowest BCUT2D eigenvalue weighted by molar-refractivity contribution is 0.417. The minimum absolute atomic E-state index is 0.353. The van der Waals surface area contributed by atoms with Gasteiger partial charge in [-0.25, -0.2) is 0 Å². The Hall–Kier alpha value is -1.34. The number of hydrogen-bond acceptors (Lipinski definition) is 1. The van der Waals surface area contributed by atoms with Crippen LogP contribution in [-0.2, 0) is 4.74 Å². The molecule has 1 aliphatic rings. The molecule has 13 heavy (non-hydrogen) atoms. The summed E-state index contributed by atoms with van der Waals surface area (Å²) in [5.74, 6) is 0. The molecule has 0 aliphatic carbocycles.